The molecular weight excluding hydrogens is 280 g/mol. The molecule has 2 N–H and O–H groups in total. The smallest absolute Gasteiger partial charge is 0.244 e. The van der Waals surface area contributed by atoms with Gasteiger partial charge in [-0.1, -0.05) is 6.92 Å². The number of carbonyl (C=O) groups is 1. The molecule has 0 bridgehead atoms. The summed E-state index contributed by atoms with van der Waals surface area (Å²) in [5, 5.41) is 6.48. The normalized spacial score (nSPS) is 15.1. The first-order valence-electron chi connectivity index (χ1n) is 8.12. The molecule has 0 radical (unpaired) electrons. The minimum absolute atomic E-state index is 0.112. The van der Waals surface area contributed by atoms with Gasteiger partial charge in [-0.25, -0.2) is 4.99 Å². The van der Waals surface area contributed by atoms with Crippen molar-refractivity contribution in [3.05, 3.63) is 24.2 Å². The third-order valence-electron chi connectivity index (χ3n) is 3.62. The van der Waals surface area contributed by atoms with Gasteiger partial charge in [0.25, 0.3) is 0 Å². The highest BCUT2D eigenvalue weighted by atomic mass is 16.3. The maximum absolute atomic E-state index is 12.0. The molecule has 22 heavy (non-hydrogen) atoms. The number of guanidine groups is 1. The Labute approximate surface area is 132 Å². The Bertz CT molecular complexity index is 465. The van der Waals surface area contributed by atoms with Crippen LogP contribution in [0.1, 0.15) is 31.9 Å². The van der Waals surface area contributed by atoms with Crippen LogP contribution in [0.3, 0.4) is 0 Å². The van der Waals surface area contributed by atoms with Crippen molar-refractivity contribution in [1.82, 2.24) is 15.5 Å². The second-order valence-corrected chi connectivity index (χ2v) is 5.44. The highest BCUT2D eigenvalue weighted by Gasteiger charge is 2.17. The number of hydrogen-bond donors (Lipinski definition) is 2. The van der Waals surface area contributed by atoms with Gasteiger partial charge in [0.1, 0.15) is 12.3 Å². The topological polar surface area (TPSA) is 69.9 Å². The van der Waals surface area contributed by atoms with Crippen molar-refractivity contribution in [1.29, 1.82) is 0 Å². The summed E-state index contributed by atoms with van der Waals surface area (Å²) in [5.41, 5.74) is 0. The van der Waals surface area contributed by atoms with Crippen LogP contribution >= 0.6 is 0 Å². The number of hydrogen-bond acceptors (Lipinski definition) is 3. The number of nitrogens with zero attached hydrogens (tertiary/aromatic N) is 2. The van der Waals surface area contributed by atoms with Crippen LogP contribution in [-0.4, -0.2) is 49.5 Å². The van der Waals surface area contributed by atoms with E-state index < -0.39 is 0 Å². The van der Waals surface area contributed by atoms with E-state index in [1.54, 1.807) is 6.26 Å². The molecule has 0 spiro atoms. The molecule has 6 heteroatoms. The van der Waals surface area contributed by atoms with Gasteiger partial charge < -0.3 is 20.0 Å². The van der Waals surface area contributed by atoms with E-state index in [1.807, 2.05) is 17.0 Å². The van der Waals surface area contributed by atoms with Crippen molar-refractivity contribution in [3.8, 4) is 0 Å². The van der Waals surface area contributed by atoms with Crippen LogP contribution in [0.4, 0.5) is 0 Å². The first kappa shape index (κ1) is 16.4. The first-order chi connectivity index (χ1) is 10.8. The van der Waals surface area contributed by atoms with Gasteiger partial charge in [-0.2, -0.15) is 0 Å². The predicted molar refractivity (Wildman–Crippen MR) is 86.8 cm³/mol. The molecule has 2 rings (SSSR count). The average Bonchev–Trinajstić information content (AvgIpc) is 3.22. The Morgan fingerprint density at radius 2 is 2.09 bits per heavy atom. The molecular formula is C16H26N4O2. The van der Waals surface area contributed by atoms with Crippen LogP contribution in [0, 0.1) is 0 Å². The minimum atomic E-state index is 0.112. The van der Waals surface area contributed by atoms with E-state index in [0.29, 0.717) is 5.96 Å². The van der Waals surface area contributed by atoms with Crippen LogP contribution in [-0.2, 0) is 11.2 Å². The van der Waals surface area contributed by atoms with E-state index >= 15 is 0 Å². The molecule has 0 unspecified atom stereocenters. The molecule has 0 atom stereocenters. The third kappa shape index (κ3) is 5.42. The van der Waals surface area contributed by atoms with Crippen LogP contribution in [0.25, 0.3) is 0 Å². The Kier molecular flexibility index (Phi) is 6.80. The van der Waals surface area contributed by atoms with Gasteiger partial charge in [-0.3, -0.25) is 4.79 Å². The van der Waals surface area contributed by atoms with Gasteiger partial charge in [0.15, 0.2) is 5.96 Å². The standard InChI is InChI=1S/C16H26N4O2/c1-2-8-17-16(18-9-7-14-6-5-12-22-14)19-13-15(21)20-10-3-4-11-20/h5-6,12H,2-4,7-11,13H2,1H3,(H2,17,18,19). The van der Waals surface area contributed by atoms with E-state index in [0.717, 1.165) is 57.6 Å². The zero-order chi connectivity index (χ0) is 15.6. The highest BCUT2D eigenvalue weighted by molar-refractivity contribution is 5.85. The highest BCUT2D eigenvalue weighted by Crippen LogP contribution is 2.07. The number of likely N-dealkylation sites (tertiary alicyclic amines) is 1. The predicted octanol–water partition coefficient (Wildman–Crippen LogP) is 1.39. The lowest BCUT2D eigenvalue weighted by Gasteiger charge is -2.15. The number of furan rings is 1. The molecule has 1 aromatic heterocycles. The lowest BCUT2D eigenvalue weighted by atomic mass is 10.3. The molecule has 6 nitrogen and oxygen atoms in total. The summed E-state index contributed by atoms with van der Waals surface area (Å²) in [6, 6.07) is 3.84. The van der Waals surface area contributed by atoms with E-state index in [-0.39, 0.29) is 12.5 Å². The molecule has 2 heterocycles. The number of rotatable bonds is 7. The molecule has 0 aromatic carbocycles. The maximum Gasteiger partial charge on any atom is 0.244 e. The SMILES string of the molecule is CCCNC(=NCC(=O)N1CCCC1)NCCc1ccco1. The zero-order valence-electron chi connectivity index (χ0n) is 13.3. The van der Waals surface area contributed by atoms with Crippen molar-refractivity contribution in [2.75, 3.05) is 32.7 Å². The number of carbonyl (C=O) groups excluding carboxylic acids is 1. The summed E-state index contributed by atoms with van der Waals surface area (Å²) in [4.78, 5) is 18.3. The van der Waals surface area contributed by atoms with Crippen LogP contribution < -0.4 is 10.6 Å². The Morgan fingerprint density at radius 3 is 2.77 bits per heavy atom. The second kappa shape index (κ2) is 9.12. The summed E-state index contributed by atoms with van der Waals surface area (Å²) >= 11 is 0. The van der Waals surface area contributed by atoms with E-state index in [4.69, 9.17) is 4.42 Å². The maximum atomic E-state index is 12.0. The molecule has 1 aliphatic heterocycles. The molecule has 1 aromatic rings. The number of nitrogens with one attached hydrogen (secondary N) is 2. The second-order valence-electron chi connectivity index (χ2n) is 5.44. The third-order valence-corrected chi connectivity index (χ3v) is 3.62. The van der Waals surface area contributed by atoms with Crippen LogP contribution in [0.2, 0.25) is 0 Å². The van der Waals surface area contributed by atoms with Crippen molar-refractivity contribution in [3.63, 3.8) is 0 Å². The molecule has 0 saturated carbocycles. The van der Waals surface area contributed by atoms with E-state index in [1.165, 1.54) is 0 Å². The Hall–Kier alpha value is -1.98. The van der Waals surface area contributed by atoms with Gasteiger partial charge in [0.2, 0.25) is 5.91 Å². The van der Waals surface area contributed by atoms with Gasteiger partial charge in [0.05, 0.1) is 6.26 Å². The monoisotopic (exact) mass is 306 g/mol. The lowest BCUT2D eigenvalue weighted by Crippen LogP contribution is -2.40. The van der Waals surface area contributed by atoms with Gasteiger partial charge in [0, 0.05) is 32.6 Å². The molecule has 1 aliphatic rings. The average molecular weight is 306 g/mol. The first-order valence-corrected chi connectivity index (χ1v) is 8.12. The molecule has 1 fully saturated rings. The quantitative estimate of drug-likeness (QED) is 0.590. The van der Waals surface area contributed by atoms with Gasteiger partial charge in [-0.15, -0.1) is 0 Å². The molecule has 0 aliphatic carbocycles. The van der Waals surface area contributed by atoms with E-state index in [9.17, 15) is 4.79 Å². The fourth-order valence-electron chi connectivity index (χ4n) is 2.39. The minimum Gasteiger partial charge on any atom is -0.469 e. The fraction of sp³-hybridized carbons (Fsp3) is 0.625. The zero-order valence-corrected chi connectivity index (χ0v) is 13.3. The van der Waals surface area contributed by atoms with Gasteiger partial charge in [-0.05, 0) is 31.4 Å². The summed E-state index contributed by atoms with van der Waals surface area (Å²) in [7, 11) is 0. The van der Waals surface area contributed by atoms with Crippen molar-refractivity contribution >= 4 is 11.9 Å². The van der Waals surface area contributed by atoms with Crippen LogP contribution in [0.5, 0.6) is 0 Å². The largest absolute Gasteiger partial charge is 0.469 e. The summed E-state index contributed by atoms with van der Waals surface area (Å²) in [6.45, 7) is 5.62. The lowest BCUT2D eigenvalue weighted by molar-refractivity contribution is -0.128. The number of aliphatic imine (C=N–C) groups is 1. The van der Waals surface area contributed by atoms with Crippen LogP contribution in [0.15, 0.2) is 27.8 Å². The van der Waals surface area contributed by atoms with Crippen molar-refractivity contribution < 1.29 is 9.21 Å². The Morgan fingerprint density at radius 1 is 1.32 bits per heavy atom. The van der Waals surface area contributed by atoms with Crippen molar-refractivity contribution in [2.24, 2.45) is 4.99 Å². The molecule has 122 valence electrons. The number of amides is 1. The summed E-state index contributed by atoms with van der Waals surface area (Å²) in [5.74, 6) is 1.75. The Balaban J connectivity index is 1.78. The summed E-state index contributed by atoms with van der Waals surface area (Å²) in [6.07, 6.45) is 5.70. The molecule has 1 saturated heterocycles. The van der Waals surface area contributed by atoms with Gasteiger partial charge >= 0.3 is 0 Å². The van der Waals surface area contributed by atoms with E-state index in [2.05, 4.69) is 22.5 Å². The molecule has 1 amide bonds. The van der Waals surface area contributed by atoms with Crippen molar-refractivity contribution in [2.45, 2.75) is 32.6 Å². The summed E-state index contributed by atoms with van der Waals surface area (Å²) < 4.78 is 5.30. The fourth-order valence-corrected chi connectivity index (χ4v) is 2.39.